The standard InChI is InChI=1S/C13H12BrN3O4/c1-7-13(17(18)19)8(2)16(15-7)5-9-3-11-12(4-10(9)14)21-6-20-11/h3-4H,5-6H2,1-2H3. The van der Waals surface area contributed by atoms with Gasteiger partial charge < -0.3 is 9.47 Å². The molecule has 0 saturated heterocycles. The Bertz CT molecular complexity index is 742. The number of hydrogen-bond acceptors (Lipinski definition) is 5. The number of nitrogens with zero attached hydrogens (tertiary/aromatic N) is 3. The van der Waals surface area contributed by atoms with Gasteiger partial charge in [0, 0.05) is 4.47 Å². The lowest BCUT2D eigenvalue weighted by Crippen LogP contribution is -2.05. The molecule has 0 bridgehead atoms. The maximum Gasteiger partial charge on any atom is 0.312 e. The molecular formula is C13H12BrN3O4. The van der Waals surface area contributed by atoms with Gasteiger partial charge in [0.1, 0.15) is 11.4 Å². The van der Waals surface area contributed by atoms with Crippen LogP contribution in [0.3, 0.4) is 0 Å². The van der Waals surface area contributed by atoms with Crippen molar-refractivity contribution in [2.45, 2.75) is 20.4 Å². The third kappa shape index (κ3) is 2.35. The number of benzene rings is 1. The van der Waals surface area contributed by atoms with Crippen LogP contribution in [-0.2, 0) is 6.54 Å². The van der Waals surface area contributed by atoms with Crippen molar-refractivity contribution in [3.63, 3.8) is 0 Å². The van der Waals surface area contributed by atoms with E-state index in [0.717, 1.165) is 10.0 Å². The van der Waals surface area contributed by atoms with E-state index in [0.29, 0.717) is 29.4 Å². The van der Waals surface area contributed by atoms with Gasteiger partial charge >= 0.3 is 5.69 Å². The average molecular weight is 354 g/mol. The van der Waals surface area contributed by atoms with Crippen LogP contribution in [0.25, 0.3) is 0 Å². The molecule has 0 amide bonds. The number of halogens is 1. The Morgan fingerprint density at radius 3 is 2.67 bits per heavy atom. The summed E-state index contributed by atoms with van der Waals surface area (Å²) in [6.45, 7) is 3.95. The van der Waals surface area contributed by atoms with Crippen molar-refractivity contribution in [3.8, 4) is 11.5 Å². The van der Waals surface area contributed by atoms with Gasteiger partial charge in [-0.25, -0.2) is 0 Å². The lowest BCUT2D eigenvalue weighted by atomic mass is 10.2. The third-order valence-corrected chi connectivity index (χ3v) is 4.13. The first-order valence-electron chi connectivity index (χ1n) is 6.24. The van der Waals surface area contributed by atoms with Crippen LogP contribution in [0, 0.1) is 24.0 Å². The van der Waals surface area contributed by atoms with E-state index in [1.165, 1.54) is 0 Å². The summed E-state index contributed by atoms with van der Waals surface area (Å²) in [6.07, 6.45) is 0. The van der Waals surface area contributed by atoms with Crippen LogP contribution in [-0.4, -0.2) is 21.5 Å². The fourth-order valence-electron chi connectivity index (χ4n) is 2.35. The highest BCUT2D eigenvalue weighted by Gasteiger charge is 2.23. The highest BCUT2D eigenvalue weighted by atomic mass is 79.9. The first kappa shape index (κ1) is 13.9. The number of fused-ring (bicyclic) bond motifs is 1. The zero-order chi connectivity index (χ0) is 15.1. The molecule has 1 aromatic carbocycles. The summed E-state index contributed by atoms with van der Waals surface area (Å²) in [4.78, 5) is 10.6. The molecule has 2 aromatic rings. The smallest absolute Gasteiger partial charge is 0.312 e. The van der Waals surface area contributed by atoms with Crippen molar-refractivity contribution in [3.05, 3.63) is 43.7 Å². The zero-order valence-corrected chi connectivity index (χ0v) is 13.0. The Balaban J connectivity index is 1.98. The van der Waals surface area contributed by atoms with Gasteiger partial charge in [0.15, 0.2) is 11.5 Å². The Labute approximate surface area is 128 Å². The van der Waals surface area contributed by atoms with Gasteiger partial charge in [0.2, 0.25) is 6.79 Å². The van der Waals surface area contributed by atoms with Gasteiger partial charge in [-0.1, -0.05) is 15.9 Å². The summed E-state index contributed by atoms with van der Waals surface area (Å²) >= 11 is 3.48. The van der Waals surface area contributed by atoms with E-state index < -0.39 is 4.92 Å². The Kier molecular flexibility index (Phi) is 3.32. The lowest BCUT2D eigenvalue weighted by molar-refractivity contribution is -0.386. The maximum absolute atomic E-state index is 11.0. The molecule has 0 fully saturated rings. The molecule has 110 valence electrons. The molecule has 1 aliphatic heterocycles. The number of ether oxygens (including phenoxy) is 2. The van der Waals surface area contributed by atoms with Gasteiger partial charge in [-0.05, 0) is 31.5 Å². The molecule has 0 aliphatic carbocycles. The Hall–Kier alpha value is -2.09. The molecule has 0 radical (unpaired) electrons. The number of hydrogen-bond donors (Lipinski definition) is 0. The molecule has 1 aliphatic rings. The van der Waals surface area contributed by atoms with Gasteiger partial charge in [-0.15, -0.1) is 0 Å². The van der Waals surface area contributed by atoms with Gasteiger partial charge in [0.25, 0.3) is 0 Å². The predicted octanol–water partition coefficient (Wildman–Crippen LogP) is 2.95. The minimum Gasteiger partial charge on any atom is -0.454 e. The summed E-state index contributed by atoms with van der Waals surface area (Å²) in [7, 11) is 0. The molecule has 0 atom stereocenters. The van der Waals surface area contributed by atoms with Gasteiger partial charge in [0.05, 0.1) is 11.5 Å². The molecule has 0 N–H and O–H groups in total. The van der Waals surface area contributed by atoms with Crippen LogP contribution >= 0.6 is 15.9 Å². The second-order valence-corrected chi connectivity index (χ2v) is 5.59. The fraction of sp³-hybridized carbons (Fsp3) is 0.308. The highest BCUT2D eigenvalue weighted by Crippen LogP contribution is 2.37. The third-order valence-electron chi connectivity index (χ3n) is 3.39. The van der Waals surface area contributed by atoms with Crippen molar-refractivity contribution in [2.24, 2.45) is 0 Å². The molecule has 3 rings (SSSR count). The Morgan fingerprint density at radius 2 is 2.05 bits per heavy atom. The van der Waals surface area contributed by atoms with E-state index in [4.69, 9.17) is 9.47 Å². The second-order valence-electron chi connectivity index (χ2n) is 4.73. The van der Waals surface area contributed by atoms with E-state index in [1.54, 1.807) is 18.5 Å². The summed E-state index contributed by atoms with van der Waals surface area (Å²) < 4.78 is 13.1. The number of rotatable bonds is 3. The van der Waals surface area contributed by atoms with E-state index in [-0.39, 0.29) is 12.5 Å². The fourth-order valence-corrected chi connectivity index (χ4v) is 2.80. The molecule has 2 heterocycles. The zero-order valence-electron chi connectivity index (χ0n) is 11.4. The maximum atomic E-state index is 11.0. The highest BCUT2D eigenvalue weighted by molar-refractivity contribution is 9.10. The van der Waals surface area contributed by atoms with Crippen LogP contribution in [0.2, 0.25) is 0 Å². The lowest BCUT2D eigenvalue weighted by Gasteiger charge is -2.08. The van der Waals surface area contributed by atoms with Gasteiger partial charge in [-0.3, -0.25) is 14.8 Å². The molecule has 7 nitrogen and oxygen atoms in total. The van der Waals surface area contributed by atoms with Gasteiger partial charge in [-0.2, -0.15) is 5.10 Å². The minimum absolute atomic E-state index is 0.0619. The number of aryl methyl sites for hydroxylation is 1. The number of aromatic nitrogens is 2. The second kappa shape index (κ2) is 5.03. The first-order chi connectivity index (χ1) is 9.97. The molecule has 0 spiro atoms. The summed E-state index contributed by atoms with van der Waals surface area (Å²) in [5, 5.41) is 15.3. The monoisotopic (exact) mass is 353 g/mol. The van der Waals surface area contributed by atoms with Crippen molar-refractivity contribution in [2.75, 3.05) is 6.79 Å². The van der Waals surface area contributed by atoms with Crippen molar-refractivity contribution in [1.29, 1.82) is 0 Å². The van der Waals surface area contributed by atoms with Crippen LogP contribution in [0.1, 0.15) is 17.0 Å². The average Bonchev–Trinajstić information content (AvgIpc) is 2.94. The van der Waals surface area contributed by atoms with E-state index in [2.05, 4.69) is 21.0 Å². The molecule has 1 aromatic heterocycles. The van der Waals surface area contributed by atoms with Crippen molar-refractivity contribution in [1.82, 2.24) is 9.78 Å². The van der Waals surface area contributed by atoms with E-state index in [9.17, 15) is 10.1 Å². The molecule has 0 unspecified atom stereocenters. The van der Waals surface area contributed by atoms with Crippen molar-refractivity contribution >= 4 is 21.6 Å². The SMILES string of the molecule is Cc1nn(Cc2cc3c(cc2Br)OCO3)c(C)c1[N+](=O)[O-]. The normalized spacial score (nSPS) is 12.7. The van der Waals surface area contributed by atoms with Crippen LogP contribution in [0.4, 0.5) is 5.69 Å². The Morgan fingerprint density at radius 1 is 1.38 bits per heavy atom. The topological polar surface area (TPSA) is 79.4 Å². The minimum atomic E-state index is -0.400. The summed E-state index contributed by atoms with van der Waals surface area (Å²) in [5.74, 6) is 1.36. The summed E-state index contributed by atoms with van der Waals surface area (Å²) in [6, 6.07) is 3.69. The predicted molar refractivity (Wildman–Crippen MR) is 77.7 cm³/mol. The molecule has 0 saturated carbocycles. The van der Waals surface area contributed by atoms with Crippen molar-refractivity contribution < 1.29 is 14.4 Å². The van der Waals surface area contributed by atoms with E-state index in [1.807, 2.05) is 12.1 Å². The van der Waals surface area contributed by atoms with Crippen LogP contribution in [0.5, 0.6) is 11.5 Å². The van der Waals surface area contributed by atoms with Crippen LogP contribution < -0.4 is 9.47 Å². The quantitative estimate of drug-likeness (QED) is 0.625. The number of nitro groups is 1. The molecule has 21 heavy (non-hydrogen) atoms. The van der Waals surface area contributed by atoms with E-state index >= 15 is 0 Å². The summed E-state index contributed by atoms with van der Waals surface area (Å²) in [5.41, 5.74) is 1.92. The largest absolute Gasteiger partial charge is 0.454 e. The first-order valence-corrected chi connectivity index (χ1v) is 7.03. The van der Waals surface area contributed by atoms with Crippen LogP contribution in [0.15, 0.2) is 16.6 Å². The molecular weight excluding hydrogens is 342 g/mol. The molecule has 8 heteroatoms.